The van der Waals surface area contributed by atoms with E-state index in [1.807, 2.05) is 42.5 Å². The van der Waals surface area contributed by atoms with Crippen LogP contribution in [0.15, 0.2) is 48.5 Å². The van der Waals surface area contributed by atoms with Gasteiger partial charge in [0, 0.05) is 22.7 Å². The third-order valence-electron chi connectivity index (χ3n) is 3.53. The molecule has 0 unspecified atom stereocenters. The molecular weight excluding hydrogens is 329 g/mol. The lowest BCUT2D eigenvalue weighted by Crippen LogP contribution is -2.16. The zero-order valence-corrected chi connectivity index (χ0v) is 15.3. The number of hydrogen-bond donors (Lipinski definition) is 1. The van der Waals surface area contributed by atoms with E-state index in [2.05, 4.69) is 25.2 Å². The van der Waals surface area contributed by atoms with Gasteiger partial charge in [0.1, 0.15) is 12.4 Å². The molecule has 0 heterocycles. The van der Waals surface area contributed by atoms with Crippen LogP contribution in [0.1, 0.15) is 31.4 Å². The van der Waals surface area contributed by atoms with E-state index in [1.54, 1.807) is 0 Å². The zero-order valence-electron chi connectivity index (χ0n) is 13.7. The topological polar surface area (TPSA) is 21.3 Å². The van der Waals surface area contributed by atoms with Crippen LogP contribution in [0.25, 0.3) is 0 Å². The Labute approximate surface area is 150 Å². The number of para-hydroxylation sites is 1. The molecular formula is C19H25Cl2NO. The summed E-state index contributed by atoms with van der Waals surface area (Å²) in [5.41, 5.74) is 2.19. The van der Waals surface area contributed by atoms with Crippen molar-refractivity contribution in [2.45, 2.75) is 33.4 Å². The smallest absolute Gasteiger partial charge is 0.124 e. The Morgan fingerprint density at radius 2 is 1.65 bits per heavy atom. The molecule has 0 atom stereocenters. The van der Waals surface area contributed by atoms with Crippen LogP contribution in [-0.4, -0.2) is 6.54 Å². The van der Waals surface area contributed by atoms with Crippen molar-refractivity contribution in [1.82, 2.24) is 5.32 Å². The molecule has 2 rings (SSSR count). The highest BCUT2D eigenvalue weighted by Gasteiger charge is 2.05. The first-order valence-corrected chi connectivity index (χ1v) is 8.19. The average molecular weight is 354 g/mol. The van der Waals surface area contributed by atoms with Crippen molar-refractivity contribution >= 4 is 24.0 Å². The number of hydrogen-bond acceptors (Lipinski definition) is 2. The molecule has 0 spiro atoms. The summed E-state index contributed by atoms with van der Waals surface area (Å²) in [4.78, 5) is 0. The highest BCUT2D eigenvalue weighted by molar-refractivity contribution is 6.31. The first-order chi connectivity index (χ1) is 10.7. The largest absolute Gasteiger partial charge is 0.489 e. The predicted molar refractivity (Wildman–Crippen MR) is 101 cm³/mol. The minimum absolute atomic E-state index is 0. The highest BCUT2D eigenvalue weighted by Crippen LogP contribution is 2.21. The van der Waals surface area contributed by atoms with Crippen LogP contribution in [-0.2, 0) is 13.2 Å². The van der Waals surface area contributed by atoms with E-state index in [9.17, 15) is 0 Å². The Balaban J connectivity index is 0.00000264. The van der Waals surface area contributed by atoms with E-state index in [0.717, 1.165) is 35.3 Å². The van der Waals surface area contributed by atoms with Crippen LogP contribution in [0.5, 0.6) is 5.75 Å². The second-order valence-electron chi connectivity index (χ2n) is 5.85. The monoisotopic (exact) mass is 353 g/mol. The van der Waals surface area contributed by atoms with Gasteiger partial charge in [-0.05, 0) is 31.0 Å². The molecule has 0 aliphatic carbocycles. The summed E-state index contributed by atoms with van der Waals surface area (Å²) in [6, 6.07) is 15.9. The number of halogens is 2. The van der Waals surface area contributed by atoms with Gasteiger partial charge in [0.05, 0.1) is 0 Å². The summed E-state index contributed by atoms with van der Waals surface area (Å²) >= 11 is 6.17. The fourth-order valence-corrected chi connectivity index (χ4v) is 2.37. The molecule has 2 aromatic carbocycles. The minimum Gasteiger partial charge on any atom is -0.489 e. The lowest BCUT2D eigenvalue weighted by Gasteiger charge is -2.13. The molecule has 0 saturated heterocycles. The molecule has 1 N–H and O–H groups in total. The second kappa shape index (κ2) is 10.5. The number of ether oxygens (including phenoxy) is 1. The van der Waals surface area contributed by atoms with Crippen LogP contribution in [0.3, 0.4) is 0 Å². The number of rotatable bonds is 8. The van der Waals surface area contributed by atoms with Crippen molar-refractivity contribution in [2.24, 2.45) is 5.92 Å². The van der Waals surface area contributed by atoms with Crippen LogP contribution >= 0.6 is 24.0 Å². The van der Waals surface area contributed by atoms with Gasteiger partial charge in [-0.25, -0.2) is 0 Å². The van der Waals surface area contributed by atoms with Crippen molar-refractivity contribution < 1.29 is 4.74 Å². The van der Waals surface area contributed by atoms with Gasteiger partial charge >= 0.3 is 0 Å². The predicted octanol–water partition coefficient (Wildman–Crippen LogP) is 5.48. The number of nitrogens with one attached hydrogen (secondary N) is 1. The Morgan fingerprint density at radius 3 is 2.35 bits per heavy atom. The fourth-order valence-electron chi connectivity index (χ4n) is 2.18. The zero-order chi connectivity index (χ0) is 15.8. The molecule has 0 aliphatic heterocycles. The third-order valence-corrected chi connectivity index (χ3v) is 3.90. The van der Waals surface area contributed by atoms with Crippen molar-refractivity contribution in [3.63, 3.8) is 0 Å². The van der Waals surface area contributed by atoms with Crippen LogP contribution in [0.4, 0.5) is 0 Å². The lowest BCUT2D eigenvalue weighted by atomic mass is 10.1. The summed E-state index contributed by atoms with van der Waals surface area (Å²) in [5.74, 6) is 1.64. The molecule has 0 bridgehead atoms. The van der Waals surface area contributed by atoms with Crippen molar-refractivity contribution in [3.05, 3.63) is 64.7 Å². The Kier molecular flexibility index (Phi) is 9.08. The molecule has 0 radical (unpaired) electrons. The standard InChI is InChI=1S/C19H24ClNO.ClH/c1-15(2)11-12-21-13-16-7-4-6-10-19(16)22-14-17-8-3-5-9-18(17)20;/h3-10,15,21H,11-14H2,1-2H3;1H. The van der Waals surface area contributed by atoms with Crippen molar-refractivity contribution in [3.8, 4) is 5.75 Å². The normalized spacial score (nSPS) is 10.4. The average Bonchev–Trinajstić information content (AvgIpc) is 2.51. The van der Waals surface area contributed by atoms with E-state index >= 15 is 0 Å². The van der Waals surface area contributed by atoms with Crippen LogP contribution in [0.2, 0.25) is 5.02 Å². The van der Waals surface area contributed by atoms with E-state index in [0.29, 0.717) is 6.61 Å². The maximum atomic E-state index is 6.17. The van der Waals surface area contributed by atoms with E-state index in [-0.39, 0.29) is 12.4 Å². The summed E-state index contributed by atoms with van der Waals surface area (Å²) in [6.45, 7) is 6.81. The van der Waals surface area contributed by atoms with Crippen LogP contribution < -0.4 is 10.1 Å². The van der Waals surface area contributed by atoms with Gasteiger partial charge in [0.2, 0.25) is 0 Å². The Hall–Kier alpha value is -1.22. The van der Waals surface area contributed by atoms with Gasteiger partial charge in [-0.2, -0.15) is 0 Å². The fraction of sp³-hybridized carbons (Fsp3) is 0.368. The first kappa shape index (κ1) is 19.8. The lowest BCUT2D eigenvalue weighted by molar-refractivity contribution is 0.302. The molecule has 4 heteroatoms. The van der Waals surface area contributed by atoms with E-state index in [4.69, 9.17) is 16.3 Å². The SMILES string of the molecule is CC(C)CCNCc1ccccc1OCc1ccccc1Cl.Cl. The maximum absolute atomic E-state index is 6.17. The first-order valence-electron chi connectivity index (χ1n) is 7.81. The Bertz CT molecular complexity index is 587. The van der Waals surface area contributed by atoms with E-state index in [1.165, 1.54) is 12.0 Å². The van der Waals surface area contributed by atoms with Gasteiger partial charge in [0.15, 0.2) is 0 Å². The third kappa shape index (κ3) is 6.82. The van der Waals surface area contributed by atoms with Gasteiger partial charge in [-0.15, -0.1) is 12.4 Å². The van der Waals surface area contributed by atoms with Gasteiger partial charge in [0.25, 0.3) is 0 Å². The van der Waals surface area contributed by atoms with Gasteiger partial charge < -0.3 is 10.1 Å². The minimum atomic E-state index is 0. The molecule has 126 valence electrons. The summed E-state index contributed by atoms with van der Waals surface area (Å²) in [5, 5.41) is 4.22. The van der Waals surface area contributed by atoms with Gasteiger partial charge in [-0.3, -0.25) is 0 Å². The molecule has 0 saturated carbocycles. The Morgan fingerprint density at radius 1 is 1.00 bits per heavy atom. The molecule has 0 amide bonds. The summed E-state index contributed by atoms with van der Waals surface area (Å²) < 4.78 is 5.96. The van der Waals surface area contributed by atoms with Crippen molar-refractivity contribution in [2.75, 3.05) is 6.54 Å². The second-order valence-corrected chi connectivity index (χ2v) is 6.25. The maximum Gasteiger partial charge on any atom is 0.124 e. The molecule has 0 aliphatic rings. The van der Waals surface area contributed by atoms with Gasteiger partial charge in [-0.1, -0.05) is 61.8 Å². The molecule has 23 heavy (non-hydrogen) atoms. The van der Waals surface area contributed by atoms with Crippen molar-refractivity contribution in [1.29, 1.82) is 0 Å². The summed E-state index contributed by atoms with van der Waals surface area (Å²) in [7, 11) is 0. The molecule has 2 nitrogen and oxygen atoms in total. The highest BCUT2D eigenvalue weighted by atomic mass is 35.5. The molecule has 0 aromatic heterocycles. The summed E-state index contributed by atoms with van der Waals surface area (Å²) in [6.07, 6.45) is 1.18. The molecule has 0 fully saturated rings. The quantitative estimate of drug-likeness (QED) is 0.634. The molecule has 2 aromatic rings. The van der Waals surface area contributed by atoms with E-state index < -0.39 is 0 Å². The number of benzene rings is 2. The van der Waals surface area contributed by atoms with Crippen LogP contribution in [0, 0.1) is 5.92 Å².